The minimum atomic E-state index is -3.26. The van der Waals surface area contributed by atoms with Gasteiger partial charge in [0, 0.05) is 32.1 Å². The molecule has 3 heterocycles. The molecule has 0 N–H and O–H groups in total. The molecule has 2 aliphatic rings. The third-order valence-electron chi connectivity index (χ3n) is 4.85. The lowest BCUT2D eigenvalue weighted by Crippen LogP contribution is -2.39. The highest BCUT2D eigenvalue weighted by Crippen LogP contribution is 2.26. The van der Waals surface area contributed by atoms with Crippen molar-refractivity contribution in [3.63, 3.8) is 0 Å². The Morgan fingerprint density at radius 2 is 1.92 bits per heavy atom. The smallest absolute Gasteiger partial charge is 0.179 e. The SMILES string of the molecule is CS(=O)(=O)c1cccnc1N1CCC(OCCN2CCCC2)CC1. The van der Waals surface area contributed by atoms with Gasteiger partial charge in [-0.25, -0.2) is 13.4 Å². The number of likely N-dealkylation sites (tertiary alicyclic amines) is 1. The molecule has 0 amide bonds. The molecule has 6 nitrogen and oxygen atoms in total. The molecule has 2 fully saturated rings. The Morgan fingerprint density at radius 1 is 1.21 bits per heavy atom. The molecule has 0 aromatic carbocycles. The number of hydrogen-bond donors (Lipinski definition) is 0. The van der Waals surface area contributed by atoms with Gasteiger partial charge in [0.05, 0.1) is 12.7 Å². The molecule has 0 radical (unpaired) electrons. The highest BCUT2D eigenvalue weighted by atomic mass is 32.2. The van der Waals surface area contributed by atoms with Gasteiger partial charge in [0.25, 0.3) is 0 Å². The van der Waals surface area contributed by atoms with E-state index in [0.29, 0.717) is 10.7 Å². The van der Waals surface area contributed by atoms with Gasteiger partial charge in [-0.05, 0) is 50.9 Å². The van der Waals surface area contributed by atoms with Crippen LogP contribution in [0.1, 0.15) is 25.7 Å². The highest BCUT2D eigenvalue weighted by Gasteiger charge is 2.25. The van der Waals surface area contributed by atoms with Gasteiger partial charge in [-0.15, -0.1) is 0 Å². The minimum Gasteiger partial charge on any atom is -0.377 e. The van der Waals surface area contributed by atoms with E-state index in [0.717, 1.165) is 39.1 Å². The van der Waals surface area contributed by atoms with Crippen LogP contribution in [0.4, 0.5) is 5.82 Å². The summed E-state index contributed by atoms with van der Waals surface area (Å²) in [6.45, 7) is 5.80. The first-order valence-electron chi connectivity index (χ1n) is 8.78. The molecule has 1 aromatic rings. The Morgan fingerprint density at radius 3 is 2.58 bits per heavy atom. The predicted molar refractivity (Wildman–Crippen MR) is 94.2 cm³/mol. The lowest BCUT2D eigenvalue weighted by Gasteiger charge is -2.33. The fourth-order valence-corrected chi connectivity index (χ4v) is 4.34. The van der Waals surface area contributed by atoms with Crippen LogP contribution in [-0.4, -0.2) is 70.0 Å². The van der Waals surface area contributed by atoms with Gasteiger partial charge in [0.15, 0.2) is 9.84 Å². The molecule has 0 unspecified atom stereocenters. The molecule has 7 heteroatoms. The average molecular weight is 353 g/mol. The van der Waals surface area contributed by atoms with Gasteiger partial charge in [-0.1, -0.05) is 0 Å². The van der Waals surface area contributed by atoms with E-state index < -0.39 is 9.84 Å². The van der Waals surface area contributed by atoms with Gasteiger partial charge in [0.1, 0.15) is 10.7 Å². The van der Waals surface area contributed by atoms with E-state index in [4.69, 9.17) is 4.74 Å². The first kappa shape index (κ1) is 17.6. The fourth-order valence-electron chi connectivity index (χ4n) is 3.50. The van der Waals surface area contributed by atoms with Crippen LogP contribution in [-0.2, 0) is 14.6 Å². The largest absolute Gasteiger partial charge is 0.377 e. The first-order valence-corrected chi connectivity index (χ1v) is 10.7. The van der Waals surface area contributed by atoms with Gasteiger partial charge < -0.3 is 14.5 Å². The molecule has 3 rings (SSSR count). The maximum absolute atomic E-state index is 11.9. The number of sulfone groups is 1. The monoisotopic (exact) mass is 353 g/mol. The molecule has 24 heavy (non-hydrogen) atoms. The molecular weight excluding hydrogens is 326 g/mol. The molecule has 0 spiro atoms. The third-order valence-corrected chi connectivity index (χ3v) is 5.97. The highest BCUT2D eigenvalue weighted by molar-refractivity contribution is 7.90. The molecule has 0 aliphatic carbocycles. The molecule has 2 saturated heterocycles. The first-order chi connectivity index (χ1) is 11.5. The van der Waals surface area contributed by atoms with Crippen molar-refractivity contribution in [2.75, 3.05) is 50.5 Å². The van der Waals surface area contributed by atoms with Crippen molar-refractivity contribution < 1.29 is 13.2 Å². The Bertz CT molecular complexity index is 636. The van der Waals surface area contributed by atoms with E-state index in [9.17, 15) is 8.42 Å². The number of anilines is 1. The molecule has 0 saturated carbocycles. The summed E-state index contributed by atoms with van der Waals surface area (Å²) < 4.78 is 29.9. The Balaban J connectivity index is 1.50. The lowest BCUT2D eigenvalue weighted by molar-refractivity contribution is 0.0264. The summed E-state index contributed by atoms with van der Waals surface area (Å²) in [5.41, 5.74) is 0. The predicted octanol–water partition coefficient (Wildman–Crippen LogP) is 1.57. The number of pyridine rings is 1. The van der Waals surface area contributed by atoms with Crippen molar-refractivity contribution in [2.45, 2.75) is 36.7 Å². The Kier molecular flexibility index (Phi) is 5.73. The number of ether oxygens (including phenoxy) is 1. The number of rotatable bonds is 6. The van der Waals surface area contributed by atoms with Crippen LogP contribution in [0, 0.1) is 0 Å². The summed E-state index contributed by atoms with van der Waals surface area (Å²) in [7, 11) is -3.26. The van der Waals surface area contributed by atoms with Crippen molar-refractivity contribution in [3.8, 4) is 0 Å². The number of nitrogens with zero attached hydrogens (tertiary/aromatic N) is 3. The average Bonchev–Trinajstić information content (AvgIpc) is 3.08. The van der Waals surface area contributed by atoms with Crippen LogP contribution in [0.2, 0.25) is 0 Å². The van der Waals surface area contributed by atoms with Crippen LogP contribution in [0.3, 0.4) is 0 Å². The van der Waals surface area contributed by atoms with Crippen molar-refractivity contribution in [1.82, 2.24) is 9.88 Å². The topological polar surface area (TPSA) is 62.7 Å². The quantitative estimate of drug-likeness (QED) is 0.773. The molecule has 0 bridgehead atoms. The lowest BCUT2D eigenvalue weighted by atomic mass is 10.1. The van der Waals surface area contributed by atoms with Gasteiger partial charge in [-0.3, -0.25) is 0 Å². The van der Waals surface area contributed by atoms with Crippen molar-refractivity contribution >= 4 is 15.7 Å². The van der Waals surface area contributed by atoms with E-state index in [1.165, 1.54) is 32.2 Å². The maximum Gasteiger partial charge on any atom is 0.179 e. The van der Waals surface area contributed by atoms with E-state index >= 15 is 0 Å². The standard InChI is InChI=1S/C17H27N3O3S/c1-24(21,22)16-5-4-8-18-17(16)20-11-6-15(7-12-20)23-14-13-19-9-2-3-10-19/h4-5,8,15H,2-3,6-7,9-14H2,1H3. The van der Waals surface area contributed by atoms with Crippen molar-refractivity contribution in [2.24, 2.45) is 0 Å². The molecule has 134 valence electrons. The van der Waals surface area contributed by atoms with E-state index in [-0.39, 0.29) is 6.10 Å². The number of hydrogen-bond acceptors (Lipinski definition) is 6. The zero-order chi connectivity index (χ0) is 17.0. The van der Waals surface area contributed by atoms with Gasteiger partial charge >= 0.3 is 0 Å². The van der Waals surface area contributed by atoms with Crippen molar-refractivity contribution in [3.05, 3.63) is 18.3 Å². The van der Waals surface area contributed by atoms with E-state index in [1.807, 2.05) is 0 Å². The van der Waals surface area contributed by atoms with Crippen LogP contribution < -0.4 is 4.90 Å². The molecule has 2 aliphatic heterocycles. The third kappa shape index (κ3) is 4.46. The minimum absolute atomic E-state index is 0.272. The Labute approximate surface area is 144 Å². The summed E-state index contributed by atoms with van der Waals surface area (Å²) in [5.74, 6) is 0.579. The second kappa shape index (κ2) is 7.80. The number of aromatic nitrogens is 1. The van der Waals surface area contributed by atoms with Gasteiger partial charge in [-0.2, -0.15) is 0 Å². The molecule has 1 aromatic heterocycles. The van der Waals surface area contributed by atoms with Crippen LogP contribution >= 0.6 is 0 Å². The van der Waals surface area contributed by atoms with E-state index in [1.54, 1.807) is 18.3 Å². The second-order valence-electron chi connectivity index (χ2n) is 6.70. The van der Waals surface area contributed by atoms with Crippen LogP contribution in [0.25, 0.3) is 0 Å². The maximum atomic E-state index is 11.9. The molecule has 0 atom stereocenters. The van der Waals surface area contributed by atoms with Crippen LogP contribution in [0.15, 0.2) is 23.2 Å². The summed E-state index contributed by atoms with van der Waals surface area (Å²) in [4.78, 5) is 9.15. The van der Waals surface area contributed by atoms with Crippen molar-refractivity contribution in [1.29, 1.82) is 0 Å². The van der Waals surface area contributed by atoms with E-state index in [2.05, 4.69) is 14.8 Å². The van der Waals surface area contributed by atoms with Gasteiger partial charge in [0.2, 0.25) is 0 Å². The zero-order valence-electron chi connectivity index (χ0n) is 14.4. The molecular formula is C17H27N3O3S. The summed E-state index contributed by atoms with van der Waals surface area (Å²) in [6, 6.07) is 3.31. The second-order valence-corrected chi connectivity index (χ2v) is 8.69. The normalized spacial score (nSPS) is 20.6. The summed E-state index contributed by atoms with van der Waals surface area (Å²) in [5, 5.41) is 0. The number of piperidine rings is 1. The fraction of sp³-hybridized carbons (Fsp3) is 0.706. The summed E-state index contributed by atoms with van der Waals surface area (Å²) >= 11 is 0. The zero-order valence-corrected chi connectivity index (χ0v) is 15.2. The van der Waals surface area contributed by atoms with Crippen LogP contribution in [0.5, 0.6) is 0 Å². The Hall–Kier alpha value is -1.18. The summed E-state index contributed by atoms with van der Waals surface area (Å²) in [6.07, 6.45) is 7.62.